The highest BCUT2D eigenvalue weighted by Gasteiger charge is 2.39. The highest BCUT2D eigenvalue weighted by Crippen LogP contribution is 2.25. The summed E-state index contributed by atoms with van der Waals surface area (Å²) in [5.41, 5.74) is -0.0539. The molecule has 5 heteroatoms. The maximum absolute atomic E-state index is 10.3. The maximum atomic E-state index is 10.3. The van der Waals surface area contributed by atoms with Gasteiger partial charge in [0.2, 0.25) is 0 Å². The Morgan fingerprint density at radius 1 is 1.14 bits per heavy atom. The van der Waals surface area contributed by atoms with Crippen molar-refractivity contribution in [2.75, 3.05) is 18.0 Å². The molecule has 1 aliphatic rings. The molecule has 0 aliphatic carbocycles. The first kappa shape index (κ1) is 16.3. The Morgan fingerprint density at radius 3 is 2.33 bits per heavy atom. The number of aliphatic hydroxyl groups is 1. The maximum Gasteiger partial charge on any atom is 0.491 e. The van der Waals surface area contributed by atoms with Crippen molar-refractivity contribution >= 4 is 18.3 Å². The zero-order valence-corrected chi connectivity index (χ0v) is 13.5. The molecule has 0 aromatic heterocycles. The van der Waals surface area contributed by atoms with Gasteiger partial charge in [0, 0.05) is 18.8 Å². The van der Waals surface area contributed by atoms with Gasteiger partial charge in [-0.1, -0.05) is 12.1 Å². The summed E-state index contributed by atoms with van der Waals surface area (Å²) in [5.74, 6) is 0. The zero-order valence-electron chi connectivity index (χ0n) is 13.5. The van der Waals surface area contributed by atoms with E-state index in [2.05, 4.69) is 11.0 Å². The molecule has 1 fully saturated rings. The fraction of sp³-hybridized carbons (Fsp3) is 0.625. The predicted octanol–water partition coefficient (Wildman–Crippen LogP) is 1.54. The fourth-order valence-electron chi connectivity index (χ4n) is 2.34. The highest BCUT2D eigenvalue weighted by atomic mass is 16.5. The van der Waals surface area contributed by atoms with E-state index in [9.17, 15) is 10.1 Å². The van der Waals surface area contributed by atoms with Crippen molar-refractivity contribution in [3.05, 3.63) is 24.3 Å². The molecule has 1 aliphatic heterocycles. The van der Waals surface area contributed by atoms with E-state index in [1.54, 1.807) is 27.7 Å². The first-order valence-electron chi connectivity index (χ1n) is 7.64. The van der Waals surface area contributed by atoms with Gasteiger partial charge >= 0.3 is 7.12 Å². The van der Waals surface area contributed by atoms with Crippen molar-refractivity contribution < 1.29 is 14.8 Å². The van der Waals surface area contributed by atoms with Crippen LogP contribution in [0.15, 0.2) is 24.3 Å². The number of benzene rings is 1. The number of rotatable bonds is 5. The lowest BCUT2D eigenvalue weighted by Gasteiger charge is -2.38. The Bertz CT molecular complexity index is 479. The lowest BCUT2D eigenvalue weighted by Crippen LogP contribution is -2.53. The van der Waals surface area contributed by atoms with Crippen LogP contribution in [0.2, 0.25) is 0 Å². The minimum Gasteiger partial charge on any atom is -0.423 e. The molecule has 1 aromatic carbocycles. The molecule has 0 unspecified atom stereocenters. The molecule has 1 heterocycles. The molecule has 0 atom stereocenters. The van der Waals surface area contributed by atoms with Crippen molar-refractivity contribution in [1.82, 2.24) is 0 Å². The molecule has 2 N–H and O–H groups in total. The van der Waals surface area contributed by atoms with Crippen molar-refractivity contribution in [2.24, 2.45) is 0 Å². The smallest absolute Gasteiger partial charge is 0.423 e. The third kappa shape index (κ3) is 3.79. The molecule has 1 saturated heterocycles. The van der Waals surface area contributed by atoms with Crippen LogP contribution in [0.4, 0.5) is 5.69 Å². The van der Waals surface area contributed by atoms with Gasteiger partial charge in [-0.3, -0.25) is 0 Å². The number of hydrogen-bond acceptors (Lipinski definition) is 4. The molecular formula is C16H26BNO3. The monoisotopic (exact) mass is 291 g/mol. The van der Waals surface area contributed by atoms with Crippen LogP contribution in [-0.4, -0.2) is 41.5 Å². The van der Waals surface area contributed by atoms with Crippen LogP contribution < -0.4 is 10.4 Å². The van der Waals surface area contributed by atoms with Gasteiger partial charge in [-0.2, -0.15) is 0 Å². The van der Waals surface area contributed by atoms with Crippen molar-refractivity contribution in [1.29, 1.82) is 0 Å². The van der Waals surface area contributed by atoms with Gasteiger partial charge in [0.25, 0.3) is 0 Å². The second-order valence-electron chi connectivity index (χ2n) is 6.83. The van der Waals surface area contributed by atoms with Gasteiger partial charge in [-0.15, -0.1) is 0 Å². The largest absolute Gasteiger partial charge is 0.491 e. The van der Waals surface area contributed by atoms with Gasteiger partial charge < -0.3 is 19.7 Å². The number of anilines is 1. The Balaban J connectivity index is 2.12. The molecule has 21 heavy (non-hydrogen) atoms. The molecule has 1 aromatic rings. The van der Waals surface area contributed by atoms with Crippen molar-refractivity contribution in [3.8, 4) is 0 Å². The van der Waals surface area contributed by atoms with Crippen LogP contribution in [0.5, 0.6) is 0 Å². The molecule has 0 radical (unpaired) electrons. The van der Waals surface area contributed by atoms with Gasteiger partial charge in [-0.25, -0.2) is 0 Å². The molecular weight excluding hydrogens is 265 g/mol. The molecule has 0 amide bonds. The van der Waals surface area contributed by atoms with E-state index >= 15 is 0 Å². The summed E-state index contributed by atoms with van der Waals surface area (Å²) in [4.78, 5) is 2.32. The summed E-state index contributed by atoms with van der Waals surface area (Å²) < 4.78 is 5.69. The minimum atomic E-state index is -1.05. The Hall–Kier alpha value is -1.04. The second kappa shape index (κ2) is 5.99. The summed E-state index contributed by atoms with van der Waals surface area (Å²) in [6.07, 6.45) is 2.43. The van der Waals surface area contributed by atoms with Gasteiger partial charge in [0.15, 0.2) is 0 Å². The number of hydrogen-bond donors (Lipinski definition) is 2. The van der Waals surface area contributed by atoms with E-state index in [1.165, 1.54) is 12.8 Å². The van der Waals surface area contributed by atoms with Crippen molar-refractivity contribution in [3.63, 3.8) is 0 Å². The van der Waals surface area contributed by atoms with E-state index in [0.29, 0.717) is 0 Å². The SMILES string of the molecule is CC(C)(O)C(C)(C)OB(O)c1cccc(N2CCCC2)c1. The van der Waals surface area contributed by atoms with Gasteiger partial charge in [0.05, 0.1) is 11.2 Å². The summed E-state index contributed by atoms with van der Waals surface area (Å²) >= 11 is 0. The van der Waals surface area contributed by atoms with Crippen LogP contribution in [0.3, 0.4) is 0 Å². The number of nitrogens with zero attached hydrogens (tertiary/aromatic N) is 1. The van der Waals surface area contributed by atoms with Gasteiger partial charge in [-0.05, 0) is 58.1 Å². The normalized spacial score (nSPS) is 16.4. The third-order valence-corrected chi connectivity index (χ3v) is 4.51. The summed E-state index contributed by atoms with van der Waals surface area (Å²) in [7, 11) is -1.05. The molecule has 4 nitrogen and oxygen atoms in total. The molecule has 0 spiro atoms. The van der Waals surface area contributed by atoms with E-state index in [4.69, 9.17) is 4.65 Å². The molecule has 2 rings (SSSR count). The van der Waals surface area contributed by atoms with Crippen LogP contribution in [0, 0.1) is 0 Å². The fourth-order valence-corrected chi connectivity index (χ4v) is 2.34. The van der Waals surface area contributed by atoms with Gasteiger partial charge in [0.1, 0.15) is 0 Å². The highest BCUT2D eigenvalue weighted by molar-refractivity contribution is 6.60. The van der Waals surface area contributed by atoms with Crippen LogP contribution in [-0.2, 0) is 4.65 Å². The average Bonchev–Trinajstić information content (AvgIpc) is 2.91. The summed E-state index contributed by atoms with van der Waals surface area (Å²) in [5, 5.41) is 20.5. The topological polar surface area (TPSA) is 52.9 Å². The lowest BCUT2D eigenvalue weighted by molar-refractivity contribution is -0.0982. The third-order valence-electron chi connectivity index (χ3n) is 4.51. The van der Waals surface area contributed by atoms with Crippen LogP contribution in [0.1, 0.15) is 40.5 Å². The van der Waals surface area contributed by atoms with E-state index in [1.807, 2.05) is 18.2 Å². The molecule has 0 saturated carbocycles. The Morgan fingerprint density at radius 2 is 1.76 bits per heavy atom. The first-order valence-corrected chi connectivity index (χ1v) is 7.64. The van der Waals surface area contributed by atoms with Crippen LogP contribution >= 0.6 is 0 Å². The Kier molecular flexibility index (Phi) is 4.66. The standard InChI is InChI=1S/C16H26BNO3/c1-15(2,19)16(3,4)21-17(20)13-8-7-9-14(12-13)18-10-5-6-11-18/h7-9,12,19-20H,5-6,10-11H2,1-4H3. The quantitative estimate of drug-likeness (QED) is 0.808. The summed E-state index contributed by atoms with van der Waals surface area (Å²) in [6.45, 7) is 9.05. The Labute approximate surface area is 127 Å². The van der Waals surface area contributed by atoms with E-state index in [0.717, 1.165) is 24.2 Å². The lowest BCUT2D eigenvalue weighted by atomic mass is 9.76. The minimum absolute atomic E-state index is 0.719. The average molecular weight is 291 g/mol. The summed E-state index contributed by atoms with van der Waals surface area (Å²) in [6, 6.07) is 7.82. The predicted molar refractivity (Wildman–Crippen MR) is 87.0 cm³/mol. The van der Waals surface area contributed by atoms with E-state index < -0.39 is 18.3 Å². The van der Waals surface area contributed by atoms with E-state index in [-0.39, 0.29) is 0 Å². The van der Waals surface area contributed by atoms with Crippen LogP contribution in [0.25, 0.3) is 0 Å². The molecule has 0 bridgehead atoms. The zero-order chi connectivity index (χ0) is 15.7. The second-order valence-corrected chi connectivity index (χ2v) is 6.83. The molecule has 116 valence electrons. The first-order chi connectivity index (χ1) is 9.71. The van der Waals surface area contributed by atoms with Crippen molar-refractivity contribution in [2.45, 2.75) is 51.7 Å².